The summed E-state index contributed by atoms with van der Waals surface area (Å²) in [5.41, 5.74) is 3.42. The largest absolute Gasteiger partial charge is 0.337 e. The molecule has 2 aromatic rings. The predicted molar refractivity (Wildman–Crippen MR) is 67.6 cm³/mol. The predicted octanol–water partition coefficient (Wildman–Crippen LogP) is 3.08. The number of hydrogen-bond acceptors (Lipinski definition) is 1. The molecule has 18 heavy (non-hydrogen) atoms. The third kappa shape index (κ3) is 1.68. The Labute approximate surface area is 105 Å². The summed E-state index contributed by atoms with van der Waals surface area (Å²) >= 11 is 0. The summed E-state index contributed by atoms with van der Waals surface area (Å²) in [5, 5.41) is 0. The van der Waals surface area contributed by atoms with Crippen LogP contribution in [-0.2, 0) is 6.54 Å². The van der Waals surface area contributed by atoms with E-state index in [9.17, 15) is 9.18 Å². The molecule has 1 amide bonds. The van der Waals surface area contributed by atoms with Crippen molar-refractivity contribution in [3.8, 4) is 11.1 Å². The van der Waals surface area contributed by atoms with Gasteiger partial charge in [-0.25, -0.2) is 4.39 Å². The fraction of sp³-hybridized carbons (Fsp3) is 0.133. The standard InChI is InChI=1S/C15H12FNO/c1-17-9-12-6-5-11(8-14(12)15(17)18)10-3-2-4-13(16)7-10/h2-8H,9H2,1H3. The smallest absolute Gasteiger partial charge is 0.254 e. The van der Waals surface area contributed by atoms with E-state index in [1.54, 1.807) is 18.0 Å². The molecule has 0 unspecified atom stereocenters. The van der Waals surface area contributed by atoms with Gasteiger partial charge in [-0.05, 0) is 34.9 Å². The molecule has 0 bridgehead atoms. The van der Waals surface area contributed by atoms with Crippen LogP contribution in [0.3, 0.4) is 0 Å². The summed E-state index contributed by atoms with van der Waals surface area (Å²) in [6.07, 6.45) is 0. The minimum atomic E-state index is -0.267. The highest BCUT2D eigenvalue weighted by molar-refractivity contribution is 5.99. The molecule has 2 aromatic carbocycles. The molecule has 0 saturated carbocycles. The Bertz CT molecular complexity index is 636. The number of benzene rings is 2. The first-order chi connectivity index (χ1) is 8.65. The summed E-state index contributed by atoms with van der Waals surface area (Å²) in [6, 6.07) is 12.1. The van der Waals surface area contributed by atoms with Gasteiger partial charge >= 0.3 is 0 Å². The van der Waals surface area contributed by atoms with Gasteiger partial charge in [-0.3, -0.25) is 4.79 Å². The molecule has 2 nitrogen and oxygen atoms in total. The van der Waals surface area contributed by atoms with Crippen LogP contribution in [0.4, 0.5) is 4.39 Å². The molecular weight excluding hydrogens is 229 g/mol. The van der Waals surface area contributed by atoms with Crippen LogP contribution in [0.25, 0.3) is 11.1 Å². The number of carbonyl (C=O) groups excluding carboxylic acids is 1. The lowest BCUT2D eigenvalue weighted by Gasteiger charge is -2.05. The zero-order valence-electron chi connectivity index (χ0n) is 9.98. The van der Waals surface area contributed by atoms with Crippen molar-refractivity contribution in [1.82, 2.24) is 4.90 Å². The van der Waals surface area contributed by atoms with Crippen LogP contribution in [0.1, 0.15) is 15.9 Å². The van der Waals surface area contributed by atoms with Crippen molar-refractivity contribution in [2.45, 2.75) is 6.54 Å². The second-order valence-electron chi connectivity index (χ2n) is 4.54. The molecule has 1 aliphatic heterocycles. The van der Waals surface area contributed by atoms with E-state index in [2.05, 4.69) is 0 Å². The van der Waals surface area contributed by atoms with Gasteiger partial charge < -0.3 is 4.90 Å². The van der Waals surface area contributed by atoms with Gasteiger partial charge in [-0.15, -0.1) is 0 Å². The highest BCUT2D eigenvalue weighted by Crippen LogP contribution is 2.27. The van der Waals surface area contributed by atoms with E-state index in [-0.39, 0.29) is 11.7 Å². The molecule has 3 heteroatoms. The van der Waals surface area contributed by atoms with Crippen molar-refractivity contribution in [1.29, 1.82) is 0 Å². The van der Waals surface area contributed by atoms with Crippen molar-refractivity contribution >= 4 is 5.91 Å². The zero-order valence-corrected chi connectivity index (χ0v) is 9.98. The second-order valence-corrected chi connectivity index (χ2v) is 4.54. The highest BCUT2D eigenvalue weighted by atomic mass is 19.1. The van der Waals surface area contributed by atoms with Crippen LogP contribution >= 0.6 is 0 Å². The first-order valence-electron chi connectivity index (χ1n) is 5.79. The Morgan fingerprint density at radius 3 is 2.67 bits per heavy atom. The van der Waals surface area contributed by atoms with Crippen molar-refractivity contribution in [2.24, 2.45) is 0 Å². The van der Waals surface area contributed by atoms with Crippen LogP contribution in [-0.4, -0.2) is 17.9 Å². The Kier molecular flexibility index (Phi) is 2.40. The monoisotopic (exact) mass is 241 g/mol. The summed E-state index contributed by atoms with van der Waals surface area (Å²) in [4.78, 5) is 13.6. The number of halogens is 1. The maximum Gasteiger partial charge on any atom is 0.254 e. The number of nitrogens with zero attached hydrogens (tertiary/aromatic N) is 1. The Balaban J connectivity index is 2.09. The maximum absolute atomic E-state index is 13.2. The molecule has 3 rings (SSSR count). The SMILES string of the molecule is CN1Cc2ccc(-c3cccc(F)c3)cc2C1=O. The zero-order chi connectivity index (χ0) is 12.7. The molecule has 0 radical (unpaired) electrons. The van der Waals surface area contributed by atoms with Gasteiger partial charge in [0.1, 0.15) is 5.82 Å². The van der Waals surface area contributed by atoms with Crippen LogP contribution in [0.15, 0.2) is 42.5 Å². The minimum Gasteiger partial charge on any atom is -0.337 e. The van der Waals surface area contributed by atoms with Crippen LogP contribution in [0.5, 0.6) is 0 Å². The molecule has 0 fully saturated rings. The number of fused-ring (bicyclic) bond motifs is 1. The van der Waals surface area contributed by atoms with Gasteiger partial charge in [0.15, 0.2) is 0 Å². The van der Waals surface area contributed by atoms with Crippen LogP contribution in [0, 0.1) is 5.82 Å². The Morgan fingerprint density at radius 2 is 1.89 bits per heavy atom. The van der Waals surface area contributed by atoms with Crippen molar-refractivity contribution in [2.75, 3.05) is 7.05 Å². The quantitative estimate of drug-likeness (QED) is 0.751. The molecular formula is C15H12FNO. The number of rotatable bonds is 1. The van der Waals surface area contributed by atoms with Crippen LogP contribution in [0.2, 0.25) is 0 Å². The summed E-state index contributed by atoms with van der Waals surface area (Å²) < 4.78 is 13.2. The fourth-order valence-corrected chi connectivity index (χ4v) is 2.29. The summed E-state index contributed by atoms with van der Waals surface area (Å²) in [7, 11) is 1.78. The third-order valence-corrected chi connectivity index (χ3v) is 3.25. The highest BCUT2D eigenvalue weighted by Gasteiger charge is 2.24. The average Bonchev–Trinajstić information content (AvgIpc) is 2.65. The second kappa shape index (κ2) is 3.95. The Hall–Kier alpha value is -2.16. The molecule has 90 valence electrons. The third-order valence-electron chi connectivity index (χ3n) is 3.25. The first kappa shape index (κ1) is 11.0. The molecule has 1 aliphatic rings. The van der Waals surface area contributed by atoms with E-state index in [4.69, 9.17) is 0 Å². The number of hydrogen-bond donors (Lipinski definition) is 0. The molecule has 0 aliphatic carbocycles. The van der Waals surface area contributed by atoms with Gasteiger partial charge in [-0.1, -0.05) is 24.3 Å². The van der Waals surface area contributed by atoms with Crippen LogP contribution < -0.4 is 0 Å². The van der Waals surface area contributed by atoms with Gasteiger partial charge in [0, 0.05) is 19.2 Å². The molecule has 1 heterocycles. The lowest BCUT2D eigenvalue weighted by molar-refractivity contribution is 0.0816. The summed E-state index contributed by atoms with van der Waals surface area (Å²) in [6.45, 7) is 0.650. The number of carbonyl (C=O) groups is 1. The van der Waals surface area contributed by atoms with Gasteiger partial charge in [0.2, 0.25) is 0 Å². The molecule has 0 saturated heterocycles. The van der Waals surface area contributed by atoms with E-state index in [0.717, 1.165) is 22.3 Å². The van der Waals surface area contributed by atoms with Gasteiger partial charge in [0.05, 0.1) is 0 Å². The normalized spacial score (nSPS) is 13.9. The minimum absolute atomic E-state index is 0.0308. The topological polar surface area (TPSA) is 20.3 Å². The van der Waals surface area contributed by atoms with Crippen molar-refractivity contribution < 1.29 is 9.18 Å². The van der Waals surface area contributed by atoms with E-state index in [1.165, 1.54) is 12.1 Å². The first-order valence-corrected chi connectivity index (χ1v) is 5.79. The van der Waals surface area contributed by atoms with E-state index < -0.39 is 0 Å². The van der Waals surface area contributed by atoms with E-state index in [0.29, 0.717) is 6.54 Å². The van der Waals surface area contributed by atoms with Crippen molar-refractivity contribution in [3.05, 3.63) is 59.4 Å². The summed E-state index contributed by atoms with van der Waals surface area (Å²) in [5.74, 6) is -0.236. The maximum atomic E-state index is 13.2. The molecule has 0 N–H and O–H groups in total. The lowest BCUT2D eigenvalue weighted by Crippen LogP contribution is -2.17. The van der Waals surface area contributed by atoms with Crippen molar-refractivity contribution in [3.63, 3.8) is 0 Å². The average molecular weight is 241 g/mol. The number of amides is 1. The molecule has 0 aromatic heterocycles. The molecule has 0 atom stereocenters. The van der Waals surface area contributed by atoms with Gasteiger partial charge in [-0.2, -0.15) is 0 Å². The van der Waals surface area contributed by atoms with E-state index in [1.807, 2.05) is 24.3 Å². The molecule has 0 spiro atoms. The fourth-order valence-electron chi connectivity index (χ4n) is 2.29. The lowest BCUT2D eigenvalue weighted by atomic mass is 10.0. The van der Waals surface area contributed by atoms with Gasteiger partial charge in [0.25, 0.3) is 5.91 Å². The van der Waals surface area contributed by atoms with E-state index >= 15 is 0 Å². The Morgan fingerprint density at radius 1 is 1.11 bits per heavy atom.